The molecule has 0 spiro atoms. The van der Waals surface area contributed by atoms with Gasteiger partial charge in [-0.25, -0.2) is 0 Å². The molecule has 1 N–H and O–H groups in total. The van der Waals surface area contributed by atoms with Crippen LogP contribution in [0.15, 0.2) is 66.7 Å². The van der Waals surface area contributed by atoms with Crippen LogP contribution < -0.4 is 0 Å². The molecule has 0 atom stereocenters. The van der Waals surface area contributed by atoms with Crippen LogP contribution >= 0.6 is 0 Å². The molecule has 0 saturated carbocycles. The Balaban J connectivity index is 2.05. The quantitative estimate of drug-likeness (QED) is 0.338. The van der Waals surface area contributed by atoms with E-state index >= 15 is 0 Å². The average Bonchev–Trinajstić information content (AvgIpc) is 2.94. The summed E-state index contributed by atoms with van der Waals surface area (Å²) < 4.78 is 0. The molecule has 1 heterocycles. The highest BCUT2D eigenvalue weighted by atomic mass is 14.7. The number of aryl methyl sites for hydroxylation is 1. The van der Waals surface area contributed by atoms with Gasteiger partial charge in [0.2, 0.25) is 0 Å². The van der Waals surface area contributed by atoms with Crippen molar-refractivity contribution in [2.45, 2.75) is 6.92 Å². The Labute approximate surface area is 128 Å². The van der Waals surface area contributed by atoms with Gasteiger partial charge in [0.1, 0.15) is 0 Å². The van der Waals surface area contributed by atoms with Crippen molar-refractivity contribution in [3.05, 3.63) is 72.3 Å². The zero-order valence-electron chi connectivity index (χ0n) is 12.4. The number of hydrogen-bond donors (Lipinski definition) is 1. The molecule has 1 aromatic heterocycles. The van der Waals surface area contributed by atoms with Crippen LogP contribution in [0.25, 0.3) is 43.4 Å². The van der Waals surface area contributed by atoms with E-state index in [2.05, 4.69) is 78.6 Å². The Hall–Kier alpha value is -2.80. The molecule has 0 aliphatic carbocycles. The van der Waals surface area contributed by atoms with Crippen molar-refractivity contribution in [3.63, 3.8) is 0 Å². The maximum atomic E-state index is 3.60. The van der Waals surface area contributed by atoms with Crippen LogP contribution in [0.4, 0.5) is 0 Å². The number of aromatic amines is 1. The number of aromatic nitrogens is 1. The molecule has 0 aliphatic rings. The van der Waals surface area contributed by atoms with E-state index in [1.54, 1.807) is 0 Å². The normalized spacial score (nSPS) is 11.9. The van der Waals surface area contributed by atoms with E-state index in [0.29, 0.717) is 0 Å². The average molecular weight is 281 g/mol. The van der Waals surface area contributed by atoms with Crippen molar-refractivity contribution >= 4 is 43.4 Å². The number of para-hydroxylation sites is 1. The van der Waals surface area contributed by atoms with Gasteiger partial charge >= 0.3 is 0 Å². The molecular weight excluding hydrogens is 266 g/mol. The molecule has 0 bridgehead atoms. The summed E-state index contributed by atoms with van der Waals surface area (Å²) in [5, 5.41) is 7.88. The van der Waals surface area contributed by atoms with Gasteiger partial charge < -0.3 is 4.98 Å². The zero-order chi connectivity index (χ0) is 14.7. The first-order valence-corrected chi connectivity index (χ1v) is 7.64. The topological polar surface area (TPSA) is 15.8 Å². The Morgan fingerprint density at radius 1 is 0.545 bits per heavy atom. The summed E-state index contributed by atoms with van der Waals surface area (Å²) in [4.78, 5) is 3.60. The fourth-order valence-corrected chi connectivity index (χ4v) is 3.65. The van der Waals surface area contributed by atoms with Crippen LogP contribution in [0.2, 0.25) is 0 Å². The molecule has 22 heavy (non-hydrogen) atoms. The molecule has 0 amide bonds. The second-order valence-electron chi connectivity index (χ2n) is 5.99. The number of rotatable bonds is 0. The summed E-state index contributed by atoms with van der Waals surface area (Å²) in [6.07, 6.45) is 0. The molecule has 1 heteroatoms. The second kappa shape index (κ2) is 4.11. The molecular formula is C21H15N. The largest absolute Gasteiger partial charge is 0.354 e. The van der Waals surface area contributed by atoms with Crippen molar-refractivity contribution in [2.75, 3.05) is 0 Å². The van der Waals surface area contributed by atoms with Crippen LogP contribution in [0.5, 0.6) is 0 Å². The highest BCUT2D eigenvalue weighted by Crippen LogP contribution is 2.35. The van der Waals surface area contributed by atoms with E-state index in [9.17, 15) is 0 Å². The van der Waals surface area contributed by atoms with Crippen LogP contribution in [0, 0.1) is 6.92 Å². The lowest BCUT2D eigenvalue weighted by Gasteiger charge is -2.07. The SMILES string of the molecule is Cc1cccc2c1ccc1c2ccc2c3ccccc3[nH]c21. The second-order valence-corrected chi connectivity index (χ2v) is 5.99. The van der Waals surface area contributed by atoms with Gasteiger partial charge in [0.25, 0.3) is 0 Å². The maximum absolute atomic E-state index is 3.60. The van der Waals surface area contributed by atoms with Crippen LogP contribution in [-0.2, 0) is 0 Å². The monoisotopic (exact) mass is 281 g/mol. The molecule has 5 rings (SSSR count). The summed E-state index contributed by atoms with van der Waals surface area (Å²) in [6, 6.07) is 24.1. The van der Waals surface area contributed by atoms with Crippen LogP contribution in [0.3, 0.4) is 0 Å². The van der Waals surface area contributed by atoms with Crippen LogP contribution in [0.1, 0.15) is 5.56 Å². The lowest BCUT2D eigenvalue weighted by Crippen LogP contribution is -1.82. The predicted octanol–water partition coefficient (Wildman–Crippen LogP) is 5.94. The molecule has 5 aromatic rings. The van der Waals surface area contributed by atoms with E-state index in [1.165, 1.54) is 48.9 Å². The lowest BCUT2D eigenvalue weighted by atomic mass is 9.97. The lowest BCUT2D eigenvalue weighted by molar-refractivity contribution is 1.54. The molecule has 0 fully saturated rings. The first-order chi connectivity index (χ1) is 10.8. The van der Waals surface area contributed by atoms with Crippen molar-refractivity contribution in [2.24, 2.45) is 0 Å². The van der Waals surface area contributed by atoms with Crippen molar-refractivity contribution in [1.29, 1.82) is 0 Å². The molecule has 0 unspecified atom stereocenters. The number of nitrogens with one attached hydrogen (secondary N) is 1. The van der Waals surface area contributed by atoms with Crippen molar-refractivity contribution in [3.8, 4) is 0 Å². The van der Waals surface area contributed by atoms with Gasteiger partial charge in [0.15, 0.2) is 0 Å². The number of benzene rings is 4. The van der Waals surface area contributed by atoms with Gasteiger partial charge in [-0.05, 0) is 34.7 Å². The highest BCUT2D eigenvalue weighted by Gasteiger charge is 2.09. The minimum absolute atomic E-state index is 1.20. The van der Waals surface area contributed by atoms with Crippen LogP contribution in [-0.4, -0.2) is 4.98 Å². The van der Waals surface area contributed by atoms with Gasteiger partial charge in [-0.3, -0.25) is 0 Å². The standard InChI is InChI=1S/C21H15N/c1-13-5-4-7-15-14(13)9-11-18-16(15)10-12-19-17-6-2-3-8-20(17)22-21(18)19/h2-12,22H,1H3. The number of H-pyrrole nitrogens is 1. The van der Waals surface area contributed by atoms with E-state index < -0.39 is 0 Å². The first kappa shape index (κ1) is 11.8. The third-order valence-corrected chi connectivity index (χ3v) is 4.75. The Morgan fingerprint density at radius 3 is 2.09 bits per heavy atom. The highest BCUT2D eigenvalue weighted by molar-refractivity contribution is 6.22. The summed E-state index contributed by atoms with van der Waals surface area (Å²) in [7, 11) is 0. The Morgan fingerprint density at radius 2 is 1.18 bits per heavy atom. The fourth-order valence-electron chi connectivity index (χ4n) is 3.65. The molecule has 0 saturated heterocycles. The third-order valence-electron chi connectivity index (χ3n) is 4.75. The minimum Gasteiger partial charge on any atom is -0.354 e. The van der Waals surface area contributed by atoms with E-state index in [4.69, 9.17) is 0 Å². The Kier molecular flexibility index (Phi) is 2.21. The van der Waals surface area contributed by atoms with Gasteiger partial charge in [0.05, 0.1) is 5.52 Å². The smallest absolute Gasteiger partial charge is 0.0544 e. The van der Waals surface area contributed by atoms with Crippen molar-refractivity contribution < 1.29 is 0 Å². The van der Waals surface area contributed by atoms with E-state index in [-0.39, 0.29) is 0 Å². The molecule has 4 aromatic carbocycles. The van der Waals surface area contributed by atoms with Gasteiger partial charge in [0, 0.05) is 21.7 Å². The third kappa shape index (κ3) is 1.43. The number of fused-ring (bicyclic) bond motifs is 7. The molecule has 1 nitrogen and oxygen atoms in total. The van der Waals surface area contributed by atoms with E-state index in [0.717, 1.165) is 0 Å². The maximum Gasteiger partial charge on any atom is 0.0544 e. The van der Waals surface area contributed by atoms with Gasteiger partial charge in [-0.15, -0.1) is 0 Å². The minimum atomic E-state index is 1.20. The van der Waals surface area contributed by atoms with E-state index in [1.807, 2.05) is 0 Å². The van der Waals surface area contributed by atoms with Gasteiger partial charge in [-0.1, -0.05) is 60.7 Å². The molecule has 104 valence electrons. The molecule has 0 aliphatic heterocycles. The van der Waals surface area contributed by atoms with Gasteiger partial charge in [-0.2, -0.15) is 0 Å². The number of hydrogen-bond acceptors (Lipinski definition) is 0. The summed E-state index contributed by atoms with van der Waals surface area (Å²) in [5.41, 5.74) is 3.77. The zero-order valence-corrected chi connectivity index (χ0v) is 12.4. The summed E-state index contributed by atoms with van der Waals surface area (Å²) in [6.45, 7) is 2.18. The Bertz CT molecular complexity index is 1180. The fraction of sp³-hybridized carbons (Fsp3) is 0.0476. The first-order valence-electron chi connectivity index (χ1n) is 7.64. The molecule has 0 radical (unpaired) electrons. The predicted molar refractivity (Wildman–Crippen MR) is 95.6 cm³/mol. The summed E-state index contributed by atoms with van der Waals surface area (Å²) in [5.74, 6) is 0. The van der Waals surface area contributed by atoms with Crippen molar-refractivity contribution in [1.82, 2.24) is 4.98 Å². The summed E-state index contributed by atoms with van der Waals surface area (Å²) >= 11 is 0.